The normalized spacial score (nSPS) is 16.1. The summed E-state index contributed by atoms with van der Waals surface area (Å²) in [5.74, 6) is -1.15. The molecule has 0 aromatic carbocycles. The Morgan fingerprint density at radius 1 is 0.545 bits per heavy atom. The van der Waals surface area contributed by atoms with Crippen molar-refractivity contribution in [1.29, 1.82) is 0 Å². The fraction of sp³-hybridized carbons (Fsp3) is 0.756. The second kappa shape index (κ2) is 36.2. The molecule has 0 radical (unpaired) electrons. The summed E-state index contributed by atoms with van der Waals surface area (Å²) < 4.78 is 32.8. The van der Waals surface area contributed by atoms with Crippen molar-refractivity contribution in [2.24, 2.45) is 0 Å². The minimum atomic E-state index is -4.91. The van der Waals surface area contributed by atoms with Gasteiger partial charge >= 0.3 is 19.8 Å². The molecule has 6 N–H and O–H groups in total. The van der Waals surface area contributed by atoms with E-state index >= 15 is 0 Å². The number of unbranched alkanes of at least 4 members (excludes halogenated alkanes) is 12. The molecule has 55 heavy (non-hydrogen) atoms. The van der Waals surface area contributed by atoms with Gasteiger partial charge in [-0.3, -0.25) is 18.6 Å². The molecule has 1 unspecified atom stereocenters. The lowest BCUT2D eigenvalue weighted by Crippen LogP contribution is -2.47. The van der Waals surface area contributed by atoms with Crippen LogP contribution in [0.25, 0.3) is 0 Å². The maximum Gasteiger partial charge on any atom is 0.472 e. The van der Waals surface area contributed by atoms with Gasteiger partial charge in [-0.25, -0.2) is 4.57 Å². The average Bonchev–Trinajstić information content (AvgIpc) is 3.17. The number of aliphatic hydroxyl groups is 5. The molecular formula is C41H73O13P. The molecule has 14 heteroatoms. The van der Waals surface area contributed by atoms with E-state index in [0.717, 1.165) is 64.2 Å². The molecule has 0 rings (SSSR count). The van der Waals surface area contributed by atoms with Crippen molar-refractivity contribution in [2.75, 3.05) is 26.4 Å². The molecule has 0 aliphatic rings. The Labute approximate surface area is 330 Å². The Kier molecular flexibility index (Phi) is 34.7. The zero-order chi connectivity index (χ0) is 41.0. The minimum Gasteiger partial charge on any atom is -0.462 e. The van der Waals surface area contributed by atoms with Crippen molar-refractivity contribution < 1.29 is 63.1 Å². The minimum absolute atomic E-state index is 0.0543. The number of allylic oxidation sites excluding steroid dienone is 8. The van der Waals surface area contributed by atoms with Gasteiger partial charge in [-0.15, -0.1) is 0 Å². The first-order valence-electron chi connectivity index (χ1n) is 20.4. The molecule has 0 saturated heterocycles. The van der Waals surface area contributed by atoms with Crippen molar-refractivity contribution >= 4 is 19.8 Å². The van der Waals surface area contributed by atoms with Crippen molar-refractivity contribution in [3.8, 4) is 0 Å². The predicted octanol–water partition coefficient (Wildman–Crippen LogP) is 7.08. The first-order chi connectivity index (χ1) is 26.5. The van der Waals surface area contributed by atoms with Gasteiger partial charge in [-0.2, -0.15) is 0 Å². The van der Waals surface area contributed by atoms with Crippen LogP contribution in [-0.4, -0.2) is 99.3 Å². The number of phosphoric acid groups is 1. The highest BCUT2D eigenvalue weighted by atomic mass is 31.2. The number of hydrogen-bond acceptors (Lipinski definition) is 12. The fourth-order valence-electron chi connectivity index (χ4n) is 5.03. The lowest BCUT2D eigenvalue weighted by atomic mass is 10.0. The number of carbonyl (C=O) groups is 2. The van der Waals surface area contributed by atoms with Gasteiger partial charge in [0, 0.05) is 12.8 Å². The van der Waals surface area contributed by atoms with Crippen molar-refractivity contribution in [3.05, 3.63) is 48.6 Å². The van der Waals surface area contributed by atoms with E-state index in [-0.39, 0.29) is 12.8 Å². The van der Waals surface area contributed by atoms with Crippen LogP contribution >= 0.6 is 7.82 Å². The molecule has 0 bridgehead atoms. The molecule has 0 heterocycles. The second-order valence-corrected chi connectivity index (χ2v) is 15.1. The maximum atomic E-state index is 12.6. The van der Waals surface area contributed by atoms with E-state index in [1.807, 2.05) is 12.2 Å². The van der Waals surface area contributed by atoms with Gasteiger partial charge in [0.15, 0.2) is 6.10 Å². The topological polar surface area (TPSA) is 210 Å². The summed E-state index contributed by atoms with van der Waals surface area (Å²) in [6.45, 7) is 1.35. The number of aliphatic hydroxyl groups excluding tert-OH is 5. The monoisotopic (exact) mass is 804 g/mol. The van der Waals surface area contributed by atoms with Crippen molar-refractivity contribution in [2.45, 2.75) is 173 Å². The van der Waals surface area contributed by atoms with Crippen LogP contribution in [-0.2, 0) is 32.7 Å². The summed E-state index contributed by atoms with van der Waals surface area (Å²) in [4.78, 5) is 35.2. The summed E-state index contributed by atoms with van der Waals surface area (Å²) in [5, 5.41) is 48.0. The highest BCUT2D eigenvalue weighted by Gasteiger charge is 2.33. The SMILES string of the molecule is CCCCC=CCCCCC=CCCCC(=O)OC[C@H](COP(=O)(O)OC[C@@H](O)[C@@H](O)[C@H](O)[C@H](O)CO)OC(=O)CCC/C=C\CCCC/C=C\CCCC. The number of rotatable bonds is 37. The van der Waals surface area contributed by atoms with Crippen LogP contribution < -0.4 is 0 Å². The molecule has 6 atom stereocenters. The Hall–Kier alpha value is -2.19. The van der Waals surface area contributed by atoms with Crippen LogP contribution in [0.4, 0.5) is 0 Å². The molecule has 13 nitrogen and oxygen atoms in total. The van der Waals surface area contributed by atoms with E-state index < -0.39 is 76.7 Å². The summed E-state index contributed by atoms with van der Waals surface area (Å²) in [6, 6.07) is 0. The zero-order valence-electron chi connectivity index (χ0n) is 33.5. The predicted molar refractivity (Wildman–Crippen MR) is 214 cm³/mol. The van der Waals surface area contributed by atoms with Crippen LogP contribution in [0.15, 0.2) is 48.6 Å². The Morgan fingerprint density at radius 2 is 0.927 bits per heavy atom. The van der Waals surface area contributed by atoms with E-state index in [1.54, 1.807) is 0 Å². The largest absolute Gasteiger partial charge is 0.472 e. The molecule has 0 aromatic rings. The van der Waals surface area contributed by atoms with Gasteiger partial charge in [0.05, 0.1) is 19.8 Å². The van der Waals surface area contributed by atoms with Crippen LogP contribution in [0.2, 0.25) is 0 Å². The van der Waals surface area contributed by atoms with E-state index in [0.29, 0.717) is 25.7 Å². The number of phosphoric ester groups is 1. The molecule has 320 valence electrons. The number of hydrogen-bond donors (Lipinski definition) is 6. The first kappa shape index (κ1) is 52.8. The Morgan fingerprint density at radius 3 is 1.36 bits per heavy atom. The van der Waals surface area contributed by atoms with E-state index in [4.69, 9.17) is 23.6 Å². The third-order valence-electron chi connectivity index (χ3n) is 8.49. The van der Waals surface area contributed by atoms with Crippen LogP contribution in [0.3, 0.4) is 0 Å². The van der Waals surface area contributed by atoms with Crippen LogP contribution in [0.1, 0.15) is 142 Å². The highest BCUT2D eigenvalue weighted by molar-refractivity contribution is 7.47. The van der Waals surface area contributed by atoms with Gasteiger partial charge in [-0.1, -0.05) is 88.1 Å². The van der Waals surface area contributed by atoms with Crippen LogP contribution in [0, 0.1) is 0 Å². The van der Waals surface area contributed by atoms with Gasteiger partial charge in [0.25, 0.3) is 0 Å². The third kappa shape index (κ3) is 32.6. The number of ether oxygens (including phenoxy) is 2. The molecule has 0 amide bonds. The van der Waals surface area contributed by atoms with Crippen molar-refractivity contribution in [3.63, 3.8) is 0 Å². The van der Waals surface area contributed by atoms with Crippen molar-refractivity contribution in [1.82, 2.24) is 0 Å². The lowest BCUT2D eigenvalue weighted by Gasteiger charge is -2.26. The van der Waals surface area contributed by atoms with Gasteiger partial charge < -0.3 is 39.9 Å². The van der Waals surface area contributed by atoms with Gasteiger partial charge in [-0.05, 0) is 89.9 Å². The Bertz CT molecular complexity index is 1110. The lowest BCUT2D eigenvalue weighted by molar-refractivity contribution is -0.161. The second-order valence-electron chi connectivity index (χ2n) is 13.7. The molecular weight excluding hydrogens is 731 g/mol. The summed E-state index contributed by atoms with van der Waals surface area (Å²) in [5.41, 5.74) is 0. The summed E-state index contributed by atoms with van der Waals surface area (Å²) >= 11 is 0. The summed E-state index contributed by atoms with van der Waals surface area (Å²) in [7, 11) is -4.91. The molecule has 0 aliphatic heterocycles. The van der Waals surface area contributed by atoms with E-state index in [1.165, 1.54) is 25.7 Å². The molecule has 0 spiro atoms. The molecule has 0 fully saturated rings. The van der Waals surface area contributed by atoms with Gasteiger partial charge in [0.1, 0.15) is 31.0 Å². The quantitative estimate of drug-likeness (QED) is 0.0161. The van der Waals surface area contributed by atoms with E-state index in [9.17, 15) is 39.5 Å². The number of esters is 2. The summed E-state index contributed by atoms with van der Waals surface area (Å²) in [6.07, 6.45) is 26.5. The first-order valence-corrected chi connectivity index (χ1v) is 21.9. The standard InChI is InChI=1S/C41H73O13P/c1-3-5-7-9-11-13-15-17-19-21-23-25-27-29-38(45)51-32-35(33-52-55(49,50)53-34-37(44)41(48)40(47)36(43)31-42)54-39(46)30-28-26-24-22-20-18-16-14-12-10-8-6-4-2/h9-12,21-24,35-37,40-44,47-48H,3-8,13-20,25-34H2,1-2H3,(H,49,50)/b11-9?,12-10-,23-21?,24-22-/t35-,36-,37-,40-,41-/m1/s1. The molecule has 0 aliphatic carbocycles. The third-order valence-corrected chi connectivity index (χ3v) is 9.44. The molecule has 0 aromatic heterocycles. The zero-order valence-corrected chi connectivity index (χ0v) is 34.4. The fourth-order valence-corrected chi connectivity index (χ4v) is 5.80. The smallest absolute Gasteiger partial charge is 0.462 e. The molecule has 0 saturated carbocycles. The number of carbonyl (C=O) groups excluding carboxylic acids is 2. The van der Waals surface area contributed by atoms with Gasteiger partial charge in [0.2, 0.25) is 0 Å². The Balaban J connectivity index is 4.82. The van der Waals surface area contributed by atoms with Crippen LogP contribution in [0.5, 0.6) is 0 Å². The van der Waals surface area contributed by atoms with E-state index in [2.05, 4.69) is 50.3 Å². The average molecular weight is 805 g/mol. The highest BCUT2D eigenvalue weighted by Crippen LogP contribution is 2.43. The maximum absolute atomic E-state index is 12.6.